The van der Waals surface area contributed by atoms with Gasteiger partial charge in [-0.2, -0.15) is 10.4 Å². The van der Waals surface area contributed by atoms with Crippen molar-refractivity contribution < 1.29 is 19.0 Å². The number of unbranched alkanes of at least 4 members (excludes halogenated alkanes) is 1. The molecule has 0 heterocycles. The van der Waals surface area contributed by atoms with E-state index in [0.717, 1.165) is 18.4 Å². The molecule has 0 unspecified atom stereocenters. The minimum absolute atomic E-state index is 0.184. The molecule has 146 valence electrons. The van der Waals surface area contributed by atoms with Crippen LogP contribution in [0.15, 0.2) is 47.6 Å². The molecule has 2 rings (SSSR count). The summed E-state index contributed by atoms with van der Waals surface area (Å²) in [6, 6.07) is 13.9. The van der Waals surface area contributed by atoms with Gasteiger partial charge in [-0.15, -0.1) is 0 Å². The lowest BCUT2D eigenvalue weighted by atomic mass is 10.2. The summed E-state index contributed by atoms with van der Waals surface area (Å²) in [5.41, 5.74) is 3.68. The van der Waals surface area contributed by atoms with Crippen LogP contribution in [0.3, 0.4) is 0 Å². The van der Waals surface area contributed by atoms with Gasteiger partial charge in [0.2, 0.25) is 0 Å². The van der Waals surface area contributed by atoms with Gasteiger partial charge in [0.1, 0.15) is 5.75 Å². The third-order valence-electron chi connectivity index (χ3n) is 3.70. The molecule has 0 aliphatic carbocycles. The molecule has 0 radical (unpaired) electrons. The molecule has 0 saturated heterocycles. The van der Waals surface area contributed by atoms with Crippen molar-refractivity contribution in [3.8, 4) is 23.3 Å². The van der Waals surface area contributed by atoms with Crippen LogP contribution in [0.25, 0.3) is 0 Å². The molecule has 0 bridgehead atoms. The van der Waals surface area contributed by atoms with E-state index in [-0.39, 0.29) is 6.61 Å². The summed E-state index contributed by atoms with van der Waals surface area (Å²) in [7, 11) is 1.57. The number of nitrogens with one attached hydrogen (secondary N) is 1. The quantitative estimate of drug-likeness (QED) is 0.387. The number of carbonyl (C=O) groups is 1. The van der Waals surface area contributed by atoms with E-state index in [1.54, 1.807) is 37.4 Å². The highest BCUT2D eigenvalue weighted by Gasteiger charge is 2.05. The van der Waals surface area contributed by atoms with Crippen LogP contribution in [0.4, 0.5) is 0 Å². The van der Waals surface area contributed by atoms with E-state index in [1.165, 1.54) is 6.21 Å². The van der Waals surface area contributed by atoms with Gasteiger partial charge < -0.3 is 14.2 Å². The van der Waals surface area contributed by atoms with Crippen molar-refractivity contribution in [3.63, 3.8) is 0 Å². The molecule has 7 heteroatoms. The first-order chi connectivity index (χ1) is 13.7. The highest BCUT2D eigenvalue weighted by molar-refractivity contribution is 5.83. The van der Waals surface area contributed by atoms with Crippen LogP contribution in [0.5, 0.6) is 17.2 Å². The Kier molecular flexibility index (Phi) is 8.34. The predicted molar refractivity (Wildman–Crippen MR) is 106 cm³/mol. The number of methoxy groups -OCH3 is 1. The fraction of sp³-hybridized carbons (Fsp3) is 0.286. The van der Waals surface area contributed by atoms with Crippen molar-refractivity contribution in [3.05, 3.63) is 53.6 Å². The van der Waals surface area contributed by atoms with Crippen molar-refractivity contribution in [1.82, 2.24) is 5.43 Å². The molecule has 1 N–H and O–H groups in total. The lowest BCUT2D eigenvalue weighted by Crippen LogP contribution is -2.24. The SMILES string of the molecule is CCCCOc1ccc(/C=N/NC(=O)COc2ccc(C#N)cc2)cc1OC. The number of benzene rings is 2. The Balaban J connectivity index is 1.83. The van der Waals surface area contributed by atoms with Gasteiger partial charge in [0, 0.05) is 0 Å². The second kappa shape index (κ2) is 11.2. The maximum absolute atomic E-state index is 11.8. The van der Waals surface area contributed by atoms with Crippen LogP contribution >= 0.6 is 0 Å². The van der Waals surface area contributed by atoms with Gasteiger partial charge in [0.25, 0.3) is 5.91 Å². The van der Waals surface area contributed by atoms with E-state index < -0.39 is 5.91 Å². The zero-order chi connectivity index (χ0) is 20.2. The number of amides is 1. The van der Waals surface area contributed by atoms with Gasteiger partial charge >= 0.3 is 0 Å². The summed E-state index contributed by atoms with van der Waals surface area (Å²) in [5.74, 6) is 1.39. The van der Waals surface area contributed by atoms with Crippen LogP contribution in [-0.4, -0.2) is 32.4 Å². The lowest BCUT2D eigenvalue weighted by molar-refractivity contribution is -0.123. The number of hydrogen-bond acceptors (Lipinski definition) is 6. The molecule has 2 aromatic rings. The molecule has 0 saturated carbocycles. The number of rotatable bonds is 10. The maximum atomic E-state index is 11.8. The van der Waals surface area contributed by atoms with Gasteiger partial charge in [-0.3, -0.25) is 4.79 Å². The van der Waals surface area contributed by atoms with Crippen molar-refractivity contribution in [2.75, 3.05) is 20.3 Å². The molecule has 0 spiro atoms. The number of ether oxygens (including phenoxy) is 3. The number of hydrazone groups is 1. The average Bonchev–Trinajstić information content (AvgIpc) is 2.73. The number of nitriles is 1. The van der Waals surface area contributed by atoms with Gasteiger partial charge in [-0.1, -0.05) is 13.3 Å². The minimum atomic E-state index is -0.396. The summed E-state index contributed by atoms with van der Waals surface area (Å²) in [6.45, 7) is 2.55. The van der Waals surface area contributed by atoms with Gasteiger partial charge in [-0.25, -0.2) is 5.43 Å². The zero-order valence-electron chi connectivity index (χ0n) is 16.0. The first-order valence-corrected chi connectivity index (χ1v) is 8.92. The number of nitrogens with zero attached hydrogens (tertiary/aromatic N) is 2. The molecule has 7 nitrogen and oxygen atoms in total. The Morgan fingerprint density at radius 3 is 2.64 bits per heavy atom. The third kappa shape index (κ3) is 6.65. The molecular formula is C21H23N3O4. The molecule has 0 atom stereocenters. The summed E-state index contributed by atoms with van der Waals surface area (Å²) in [5, 5.41) is 12.7. The van der Waals surface area contributed by atoms with Crippen molar-refractivity contribution in [2.45, 2.75) is 19.8 Å². The molecule has 0 aliphatic heterocycles. The van der Waals surface area contributed by atoms with Crippen LogP contribution in [0.2, 0.25) is 0 Å². The van der Waals surface area contributed by atoms with Crippen LogP contribution in [0, 0.1) is 11.3 Å². The number of carbonyl (C=O) groups excluding carboxylic acids is 1. The van der Waals surface area contributed by atoms with Crippen molar-refractivity contribution in [2.24, 2.45) is 5.10 Å². The van der Waals surface area contributed by atoms with E-state index in [1.807, 2.05) is 18.2 Å². The van der Waals surface area contributed by atoms with Crippen molar-refractivity contribution in [1.29, 1.82) is 5.26 Å². The second-order valence-corrected chi connectivity index (χ2v) is 5.83. The third-order valence-corrected chi connectivity index (χ3v) is 3.70. The minimum Gasteiger partial charge on any atom is -0.493 e. The molecular weight excluding hydrogens is 358 g/mol. The highest BCUT2D eigenvalue weighted by Crippen LogP contribution is 2.27. The highest BCUT2D eigenvalue weighted by atomic mass is 16.5. The van der Waals surface area contributed by atoms with Gasteiger partial charge in [0.15, 0.2) is 18.1 Å². The first-order valence-electron chi connectivity index (χ1n) is 8.92. The second-order valence-electron chi connectivity index (χ2n) is 5.83. The van der Waals surface area contributed by atoms with Gasteiger partial charge in [0.05, 0.1) is 31.6 Å². The molecule has 0 aromatic heterocycles. The van der Waals surface area contributed by atoms with Gasteiger partial charge in [-0.05, 0) is 54.4 Å². The Labute approximate surface area is 164 Å². The Bertz CT molecular complexity index is 842. The molecule has 28 heavy (non-hydrogen) atoms. The van der Waals surface area contributed by atoms with Crippen LogP contribution in [-0.2, 0) is 4.79 Å². The predicted octanol–water partition coefficient (Wildman–Crippen LogP) is 3.27. The fourth-order valence-corrected chi connectivity index (χ4v) is 2.20. The topological polar surface area (TPSA) is 92.9 Å². The van der Waals surface area contributed by atoms with E-state index in [9.17, 15) is 4.79 Å². The monoisotopic (exact) mass is 381 g/mol. The molecule has 2 aromatic carbocycles. The zero-order valence-corrected chi connectivity index (χ0v) is 16.0. The average molecular weight is 381 g/mol. The summed E-state index contributed by atoms with van der Waals surface area (Å²) in [4.78, 5) is 11.8. The first kappa shape index (κ1) is 20.8. The Morgan fingerprint density at radius 1 is 1.18 bits per heavy atom. The Morgan fingerprint density at radius 2 is 1.96 bits per heavy atom. The molecule has 1 amide bonds. The summed E-state index contributed by atoms with van der Waals surface area (Å²) >= 11 is 0. The molecule has 0 fully saturated rings. The van der Waals surface area contributed by atoms with E-state index in [0.29, 0.717) is 29.4 Å². The number of hydrogen-bond donors (Lipinski definition) is 1. The van der Waals surface area contributed by atoms with Crippen LogP contribution < -0.4 is 19.6 Å². The van der Waals surface area contributed by atoms with E-state index >= 15 is 0 Å². The standard InChI is InChI=1S/C21H23N3O4/c1-3-4-11-27-19-10-7-17(12-20(19)26-2)14-23-24-21(25)15-28-18-8-5-16(13-22)6-9-18/h5-10,12,14H,3-4,11,15H2,1-2H3,(H,24,25)/b23-14+. The fourth-order valence-electron chi connectivity index (χ4n) is 2.20. The normalized spacial score (nSPS) is 10.3. The lowest BCUT2D eigenvalue weighted by Gasteiger charge is -2.10. The van der Waals surface area contributed by atoms with Crippen LogP contribution in [0.1, 0.15) is 30.9 Å². The summed E-state index contributed by atoms with van der Waals surface area (Å²) in [6.07, 6.45) is 3.54. The molecule has 0 aliphatic rings. The Hall–Kier alpha value is -3.53. The smallest absolute Gasteiger partial charge is 0.277 e. The maximum Gasteiger partial charge on any atom is 0.277 e. The van der Waals surface area contributed by atoms with E-state index in [2.05, 4.69) is 17.5 Å². The summed E-state index contributed by atoms with van der Waals surface area (Å²) < 4.78 is 16.4. The van der Waals surface area contributed by atoms with Crippen molar-refractivity contribution >= 4 is 12.1 Å². The largest absolute Gasteiger partial charge is 0.493 e. The van der Waals surface area contributed by atoms with E-state index in [4.69, 9.17) is 19.5 Å².